The second kappa shape index (κ2) is 37.1. The van der Waals surface area contributed by atoms with E-state index in [1.165, 1.54) is 96.3 Å². The van der Waals surface area contributed by atoms with Crippen molar-refractivity contribution in [1.29, 1.82) is 0 Å². The van der Waals surface area contributed by atoms with Crippen LogP contribution >= 0.6 is 0 Å². The lowest BCUT2D eigenvalue weighted by Crippen LogP contribution is -2.60. The van der Waals surface area contributed by atoms with Gasteiger partial charge in [-0.05, 0) is 51.4 Å². The van der Waals surface area contributed by atoms with E-state index in [1.54, 1.807) is 0 Å². The first-order valence-electron chi connectivity index (χ1n) is 22.7. The number of carbonyl (C=O) groups is 1. The van der Waals surface area contributed by atoms with Crippen LogP contribution in [0.2, 0.25) is 0 Å². The maximum absolute atomic E-state index is 12.8. The zero-order chi connectivity index (χ0) is 42.5. The summed E-state index contributed by atoms with van der Waals surface area (Å²) in [5.41, 5.74) is 0. The Labute approximate surface area is 352 Å². The maximum atomic E-state index is 12.8. The van der Waals surface area contributed by atoms with Crippen molar-refractivity contribution in [3.05, 3.63) is 36.5 Å². The standard InChI is InChI=1S/C45H82O12S/c1-3-5-7-9-11-13-14-15-16-17-18-19-20-21-22-23-24-25-26-27-28-30-32-34-41(47)55-39(37-53-35-33-31-29-12-10-8-6-4-2)38-54-45-43(49)44(57-58(50,51)52)42(48)40(36-46)56-45/h14-15,17-18,20-21,39-40,42-46,48-49H,3-13,16,19,22-38H2,1-2H3,(H,50,51,52)/b15-14-,18-17-,21-20-. The predicted molar refractivity (Wildman–Crippen MR) is 230 cm³/mol. The van der Waals surface area contributed by atoms with Crippen molar-refractivity contribution in [2.45, 2.75) is 218 Å². The first-order chi connectivity index (χ1) is 28.1. The molecule has 6 atom stereocenters. The Morgan fingerprint density at radius 2 is 1.14 bits per heavy atom. The lowest BCUT2D eigenvalue weighted by molar-refractivity contribution is -0.301. The van der Waals surface area contributed by atoms with E-state index in [1.807, 2.05) is 0 Å². The molecule has 0 spiro atoms. The molecule has 13 heteroatoms. The molecule has 0 aromatic rings. The normalized spacial score (nSPS) is 20.8. The highest BCUT2D eigenvalue weighted by atomic mass is 32.3. The number of allylic oxidation sites excluding steroid dienone is 6. The van der Waals surface area contributed by atoms with Crippen molar-refractivity contribution in [3.63, 3.8) is 0 Å². The van der Waals surface area contributed by atoms with Crippen LogP contribution in [0.1, 0.15) is 181 Å². The number of ether oxygens (including phenoxy) is 4. The third kappa shape index (κ3) is 30.4. The summed E-state index contributed by atoms with van der Waals surface area (Å²) < 4.78 is 58.9. The molecular formula is C45H82O12S. The number of carbonyl (C=O) groups excluding carboxylic acids is 1. The van der Waals surface area contributed by atoms with Crippen LogP contribution in [-0.2, 0) is 38.3 Å². The Balaban J connectivity index is 2.34. The summed E-state index contributed by atoms with van der Waals surface area (Å²) in [6, 6.07) is 0. The fraction of sp³-hybridized carbons (Fsp3) is 0.844. The van der Waals surface area contributed by atoms with E-state index in [9.17, 15) is 28.5 Å². The minimum Gasteiger partial charge on any atom is -0.457 e. The van der Waals surface area contributed by atoms with Gasteiger partial charge >= 0.3 is 16.4 Å². The molecule has 0 amide bonds. The highest BCUT2D eigenvalue weighted by molar-refractivity contribution is 7.80. The summed E-state index contributed by atoms with van der Waals surface area (Å²) in [6.07, 6.45) is 33.4. The molecule has 0 saturated carbocycles. The smallest absolute Gasteiger partial charge is 0.397 e. The molecule has 12 nitrogen and oxygen atoms in total. The van der Waals surface area contributed by atoms with Crippen molar-refractivity contribution in [3.8, 4) is 0 Å². The van der Waals surface area contributed by atoms with E-state index in [-0.39, 0.29) is 19.6 Å². The average molecular weight is 847 g/mol. The van der Waals surface area contributed by atoms with Gasteiger partial charge in [-0.2, -0.15) is 8.42 Å². The molecule has 0 aromatic carbocycles. The van der Waals surface area contributed by atoms with Gasteiger partial charge in [0.1, 0.15) is 30.5 Å². The van der Waals surface area contributed by atoms with Gasteiger partial charge in [0.05, 0.1) is 19.8 Å². The zero-order valence-corrected chi connectivity index (χ0v) is 36.9. The van der Waals surface area contributed by atoms with Crippen LogP contribution in [0, 0.1) is 0 Å². The number of esters is 1. The van der Waals surface area contributed by atoms with Crippen molar-refractivity contribution in [2.24, 2.45) is 0 Å². The molecule has 0 aliphatic carbocycles. The fourth-order valence-electron chi connectivity index (χ4n) is 6.80. The van der Waals surface area contributed by atoms with Gasteiger partial charge in [-0.15, -0.1) is 0 Å². The quantitative estimate of drug-likeness (QED) is 0.0200. The lowest BCUT2D eigenvalue weighted by Gasteiger charge is -2.41. The predicted octanol–water partition coefficient (Wildman–Crippen LogP) is 9.41. The fourth-order valence-corrected chi connectivity index (χ4v) is 7.30. The molecular weight excluding hydrogens is 765 g/mol. The molecule has 1 rings (SSSR count). The number of hydrogen-bond donors (Lipinski definition) is 4. The van der Waals surface area contributed by atoms with Crippen LogP contribution in [-0.4, -0.2) is 97.5 Å². The van der Waals surface area contributed by atoms with Crippen LogP contribution < -0.4 is 0 Å². The first kappa shape index (κ1) is 54.3. The molecule has 1 aliphatic heterocycles. The second-order valence-corrected chi connectivity index (χ2v) is 16.7. The van der Waals surface area contributed by atoms with Gasteiger partial charge in [-0.1, -0.05) is 159 Å². The maximum Gasteiger partial charge on any atom is 0.397 e. The second-order valence-electron chi connectivity index (χ2n) is 15.6. The van der Waals surface area contributed by atoms with Crippen molar-refractivity contribution in [2.75, 3.05) is 26.4 Å². The zero-order valence-electron chi connectivity index (χ0n) is 36.1. The average Bonchev–Trinajstić information content (AvgIpc) is 3.19. The van der Waals surface area contributed by atoms with Gasteiger partial charge in [-0.3, -0.25) is 9.35 Å². The lowest BCUT2D eigenvalue weighted by atomic mass is 9.99. The minimum atomic E-state index is -5.06. The molecule has 1 saturated heterocycles. The van der Waals surface area contributed by atoms with Gasteiger partial charge in [0.2, 0.25) is 0 Å². The summed E-state index contributed by atoms with van der Waals surface area (Å²) >= 11 is 0. The SMILES string of the molecule is CCCCCCC/C=C\C/C=C\C/C=C\CCCCCCCCCCC(=O)OC(COCCCCCCCCCC)COC1OC(CO)C(O)C(OS(=O)(=O)O)C1O. The van der Waals surface area contributed by atoms with Crippen LogP contribution in [0.25, 0.3) is 0 Å². The van der Waals surface area contributed by atoms with Crippen LogP contribution in [0.4, 0.5) is 0 Å². The van der Waals surface area contributed by atoms with Gasteiger partial charge in [-0.25, -0.2) is 4.18 Å². The monoisotopic (exact) mass is 847 g/mol. The van der Waals surface area contributed by atoms with E-state index in [0.29, 0.717) is 13.0 Å². The largest absolute Gasteiger partial charge is 0.457 e. The van der Waals surface area contributed by atoms with E-state index >= 15 is 0 Å². The first-order valence-corrected chi connectivity index (χ1v) is 24.1. The molecule has 1 heterocycles. The Kier molecular flexibility index (Phi) is 34.8. The van der Waals surface area contributed by atoms with Crippen LogP contribution in [0.3, 0.4) is 0 Å². The van der Waals surface area contributed by atoms with Crippen molar-refractivity contribution < 1.29 is 56.2 Å². The van der Waals surface area contributed by atoms with Gasteiger partial charge in [0.15, 0.2) is 6.29 Å². The molecule has 58 heavy (non-hydrogen) atoms. The van der Waals surface area contributed by atoms with E-state index < -0.39 is 59.8 Å². The minimum absolute atomic E-state index is 0.0338. The Morgan fingerprint density at radius 1 is 0.655 bits per heavy atom. The van der Waals surface area contributed by atoms with Crippen LogP contribution in [0.15, 0.2) is 36.5 Å². The van der Waals surface area contributed by atoms with E-state index in [0.717, 1.165) is 57.8 Å². The van der Waals surface area contributed by atoms with E-state index in [4.69, 9.17) is 23.5 Å². The molecule has 0 radical (unpaired) electrons. The molecule has 1 aliphatic rings. The number of aliphatic hydroxyl groups excluding tert-OH is 3. The van der Waals surface area contributed by atoms with Gasteiger partial charge in [0.25, 0.3) is 0 Å². The number of unbranched alkanes of at least 4 members (excludes halogenated alkanes) is 20. The molecule has 1 fully saturated rings. The number of aliphatic hydroxyl groups is 3. The van der Waals surface area contributed by atoms with Gasteiger partial charge in [0, 0.05) is 13.0 Å². The Hall–Kier alpha value is -1.68. The van der Waals surface area contributed by atoms with Crippen molar-refractivity contribution in [1.82, 2.24) is 0 Å². The summed E-state index contributed by atoms with van der Waals surface area (Å²) in [7, 11) is -5.06. The Bertz CT molecular complexity index is 1160. The summed E-state index contributed by atoms with van der Waals surface area (Å²) in [4.78, 5) is 12.8. The summed E-state index contributed by atoms with van der Waals surface area (Å²) in [6.45, 7) is 3.94. The number of rotatable bonds is 39. The highest BCUT2D eigenvalue weighted by Crippen LogP contribution is 2.26. The summed E-state index contributed by atoms with van der Waals surface area (Å²) in [5.74, 6) is -0.408. The topological polar surface area (TPSA) is 178 Å². The molecule has 340 valence electrons. The molecule has 6 unspecified atom stereocenters. The molecule has 0 bridgehead atoms. The van der Waals surface area contributed by atoms with Crippen LogP contribution in [0.5, 0.6) is 0 Å². The van der Waals surface area contributed by atoms with Gasteiger partial charge < -0.3 is 34.3 Å². The molecule has 0 aromatic heterocycles. The number of hydrogen-bond acceptors (Lipinski definition) is 11. The third-order valence-electron chi connectivity index (χ3n) is 10.3. The highest BCUT2D eigenvalue weighted by Gasteiger charge is 2.48. The third-order valence-corrected chi connectivity index (χ3v) is 10.7. The van der Waals surface area contributed by atoms with Crippen molar-refractivity contribution >= 4 is 16.4 Å². The summed E-state index contributed by atoms with van der Waals surface area (Å²) in [5, 5.41) is 30.6. The molecule has 4 N–H and O–H groups in total. The Morgan fingerprint density at radius 3 is 1.66 bits per heavy atom. The van der Waals surface area contributed by atoms with E-state index in [2.05, 4.69) is 54.5 Å².